The number of hydrogen-bond donors (Lipinski definition) is 4. The second kappa shape index (κ2) is 7.34. The van der Waals surface area contributed by atoms with Crippen LogP contribution in [0.2, 0.25) is 0 Å². The zero-order valence-corrected chi connectivity index (χ0v) is 16.8. The third-order valence-corrected chi connectivity index (χ3v) is 5.32. The largest absolute Gasteiger partial charge is 0.476 e. The highest BCUT2D eigenvalue weighted by molar-refractivity contribution is 6.06. The molecular weight excluding hydrogens is 415 g/mol. The number of aromatic carboxylic acids is 1. The molecule has 10 heteroatoms. The number of H-pyrrole nitrogens is 1. The number of aromatic amines is 1. The van der Waals surface area contributed by atoms with Gasteiger partial charge in [0.05, 0.1) is 17.3 Å². The smallest absolute Gasteiger partial charge is 0.356 e. The fourth-order valence-electron chi connectivity index (χ4n) is 3.84. The first kappa shape index (κ1) is 19.5. The van der Waals surface area contributed by atoms with Crippen molar-refractivity contribution < 1.29 is 19.1 Å². The molecule has 1 unspecified atom stereocenters. The summed E-state index contributed by atoms with van der Waals surface area (Å²) in [6.07, 6.45) is 1.66. The molecule has 2 aromatic carbocycles. The lowest BCUT2D eigenvalue weighted by Crippen LogP contribution is -2.31. The molecule has 1 amide bonds. The predicted octanol–water partition coefficient (Wildman–Crippen LogP) is 3.52. The summed E-state index contributed by atoms with van der Waals surface area (Å²) in [6.45, 7) is 1.72. The number of carbonyl (C=O) groups is 2. The number of benzene rings is 2. The Morgan fingerprint density at radius 3 is 2.69 bits per heavy atom. The maximum Gasteiger partial charge on any atom is 0.356 e. The van der Waals surface area contributed by atoms with Gasteiger partial charge in [-0.3, -0.25) is 9.89 Å². The molecule has 1 atom stereocenters. The Balaban J connectivity index is 1.57. The summed E-state index contributed by atoms with van der Waals surface area (Å²) in [7, 11) is 0. The summed E-state index contributed by atoms with van der Waals surface area (Å²) in [6, 6.07) is 11.7. The van der Waals surface area contributed by atoms with Gasteiger partial charge in [-0.05, 0) is 42.8 Å². The molecule has 0 saturated carbocycles. The van der Waals surface area contributed by atoms with Crippen molar-refractivity contribution in [1.82, 2.24) is 20.0 Å². The zero-order valence-electron chi connectivity index (χ0n) is 16.8. The summed E-state index contributed by atoms with van der Waals surface area (Å²) in [5.74, 6) is -1.59. The molecule has 0 saturated heterocycles. The molecule has 9 nitrogen and oxygen atoms in total. The van der Waals surface area contributed by atoms with E-state index in [4.69, 9.17) is 0 Å². The minimum atomic E-state index is -1.19. The van der Waals surface area contributed by atoms with Gasteiger partial charge in [0.2, 0.25) is 0 Å². The highest BCUT2D eigenvalue weighted by atomic mass is 19.1. The van der Waals surface area contributed by atoms with Gasteiger partial charge in [0.1, 0.15) is 17.7 Å². The van der Waals surface area contributed by atoms with Gasteiger partial charge in [-0.15, -0.1) is 0 Å². The van der Waals surface area contributed by atoms with E-state index >= 15 is 0 Å². The number of amides is 1. The first-order valence-electron chi connectivity index (χ1n) is 9.71. The molecule has 3 heterocycles. The SMILES string of the molecule is CC1=C(C(=O)Nc2ccc3[nH]ncc3c2)C(c2ccc(F)cc2)n2nc(C(=O)O)cc2N1. The number of aromatic nitrogens is 4. The molecule has 1 aliphatic heterocycles. The average Bonchev–Trinajstić information content (AvgIpc) is 3.39. The van der Waals surface area contributed by atoms with E-state index in [-0.39, 0.29) is 5.69 Å². The van der Waals surface area contributed by atoms with Crippen LogP contribution in [0.1, 0.15) is 29.0 Å². The van der Waals surface area contributed by atoms with Crippen LogP contribution >= 0.6 is 0 Å². The number of carboxylic acid groups (broad SMARTS) is 1. The van der Waals surface area contributed by atoms with Crippen LogP contribution in [0, 0.1) is 5.82 Å². The van der Waals surface area contributed by atoms with Gasteiger partial charge < -0.3 is 15.7 Å². The molecule has 4 aromatic rings. The van der Waals surface area contributed by atoms with Gasteiger partial charge in [0.25, 0.3) is 5.91 Å². The number of carbonyl (C=O) groups excluding carboxylic acids is 1. The zero-order chi connectivity index (χ0) is 22.4. The van der Waals surface area contributed by atoms with Crippen LogP contribution < -0.4 is 10.6 Å². The molecule has 0 aliphatic carbocycles. The molecule has 32 heavy (non-hydrogen) atoms. The van der Waals surface area contributed by atoms with Crippen molar-refractivity contribution >= 4 is 34.3 Å². The molecule has 0 fully saturated rings. The highest BCUT2D eigenvalue weighted by Crippen LogP contribution is 2.37. The third-order valence-electron chi connectivity index (χ3n) is 5.32. The van der Waals surface area contributed by atoms with Crippen LogP contribution in [-0.4, -0.2) is 37.0 Å². The van der Waals surface area contributed by atoms with Crippen molar-refractivity contribution in [2.45, 2.75) is 13.0 Å². The topological polar surface area (TPSA) is 125 Å². The van der Waals surface area contributed by atoms with Crippen LogP contribution in [0.4, 0.5) is 15.9 Å². The molecule has 160 valence electrons. The lowest BCUT2D eigenvalue weighted by molar-refractivity contribution is -0.113. The first-order valence-corrected chi connectivity index (χ1v) is 9.71. The van der Waals surface area contributed by atoms with E-state index < -0.39 is 23.7 Å². The van der Waals surface area contributed by atoms with Gasteiger partial charge in [-0.1, -0.05) is 12.1 Å². The van der Waals surface area contributed by atoms with E-state index in [1.165, 1.54) is 22.9 Å². The Hall–Kier alpha value is -4.47. The minimum Gasteiger partial charge on any atom is -0.476 e. The number of allylic oxidation sites excluding steroid dienone is 1. The second-order valence-electron chi connectivity index (χ2n) is 7.41. The monoisotopic (exact) mass is 432 g/mol. The van der Waals surface area contributed by atoms with E-state index in [9.17, 15) is 19.1 Å². The lowest BCUT2D eigenvalue weighted by Gasteiger charge is -2.29. The number of anilines is 2. The number of nitrogens with one attached hydrogen (secondary N) is 3. The van der Waals surface area contributed by atoms with Crippen molar-refractivity contribution in [2.75, 3.05) is 10.6 Å². The number of nitrogens with zero attached hydrogens (tertiary/aromatic N) is 3. The minimum absolute atomic E-state index is 0.167. The summed E-state index contributed by atoms with van der Waals surface area (Å²) >= 11 is 0. The maximum absolute atomic E-state index is 13.6. The Morgan fingerprint density at radius 2 is 1.94 bits per heavy atom. The summed E-state index contributed by atoms with van der Waals surface area (Å²) in [4.78, 5) is 24.9. The Morgan fingerprint density at radius 1 is 1.16 bits per heavy atom. The maximum atomic E-state index is 13.6. The quantitative estimate of drug-likeness (QED) is 0.391. The van der Waals surface area contributed by atoms with Crippen LogP contribution in [0.3, 0.4) is 0 Å². The number of rotatable bonds is 4. The van der Waals surface area contributed by atoms with Gasteiger partial charge in [-0.2, -0.15) is 10.2 Å². The summed E-state index contributed by atoms with van der Waals surface area (Å²) < 4.78 is 15.0. The molecule has 1 aliphatic rings. The molecule has 0 radical (unpaired) electrons. The van der Waals surface area contributed by atoms with Gasteiger partial charge in [0.15, 0.2) is 5.69 Å². The fourth-order valence-corrected chi connectivity index (χ4v) is 3.84. The first-order chi connectivity index (χ1) is 15.4. The highest BCUT2D eigenvalue weighted by Gasteiger charge is 2.34. The molecule has 5 rings (SSSR count). The van der Waals surface area contributed by atoms with Crippen molar-refractivity contribution in [3.63, 3.8) is 0 Å². The molecular formula is C22H17FN6O3. The van der Waals surface area contributed by atoms with Crippen molar-refractivity contribution in [2.24, 2.45) is 0 Å². The number of fused-ring (bicyclic) bond motifs is 2. The van der Waals surface area contributed by atoms with Gasteiger partial charge >= 0.3 is 5.97 Å². The van der Waals surface area contributed by atoms with E-state index in [1.54, 1.807) is 43.5 Å². The number of halogens is 1. The van der Waals surface area contributed by atoms with E-state index in [0.717, 1.165) is 10.9 Å². The Labute approximate surface area is 180 Å². The molecule has 0 spiro atoms. The van der Waals surface area contributed by atoms with Gasteiger partial charge in [0, 0.05) is 22.8 Å². The van der Waals surface area contributed by atoms with Crippen molar-refractivity contribution in [1.29, 1.82) is 0 Å². The van der Waals surface area contributed by atoms with Crippen molar-refractivity contribution in [3.05, 3.63) is 83.1 Å². The molecule has 4 N–H and O–H groups in total. The molecule has 0 bridgehead atoms. The van der Waals surface area contributed by atoms with E-state index in [2.05, 4.69) is 25.9 Å². The number of carboxylic acids is 1. The summed E-state index contributed by atoms with van der Waals surface area (Å²) in [5.41, 5.74) is 2.69. The van der Waals surface area contributed by atoms with Crippen molar-refractivity contribution in [3.8, 4) is 0 Å². The molecule has 2 aromatic heterocycles. The Kier molecular flexibility index (Phi) is 4.47. The van der Waals surface area contributed by atoms with Crippen LogP contribution in [0.25, 0.3) is 10.9 Å². The third kappa shape index (κ3) is 3.27. The van der Waals surface area contributed by atoms with Crippen LogP contribution in [-0.2, 0) is 4.79 Å². The number of hydrogen-bond acceptors (Lipinski definition) is 5. The average molecular weight is 432 g/mol. The summed E-state index contributed by atoms with van der Waals surface area (Å²) in [5, 5.41) is 27.2. The van der Waals surface area contributed by atoms with E-state index in [0.29, 0.717) is 28.3 Å². The van der Waals surface area contributed by atoms with Gasteiger partial charge in [-0.25, -0.2) is 13.9 Å². The normalized spacial score (nSPS) is 15.4. The van der Waals surface area contributed by atoms with Crippen LogP contribution in [0.15, 0.2) is 66.0 Å². The lowest BCUT2D eigenvalue weighted by atomic mass is 9.94. The Bertz CT molecular complexity index is 1400. The fraction of sp³-hybridized carbons (Fsp3) is 0.0909. The van der Waals surface area contributed by atoms with Crippen LogP contribution in [0.5, 0.6) is 0 Å². The predicted molar refractivity (Wildman–Crippen MR) is 115 cm³/mol. The van der Waals surface area contributed by atoms with E-state index in [1.807, 2.05) is 0 Å². The second-order valence-corrected chi connectivity index (χ2v) is 7.41. The standard InChI is InChI=1S/C22H17FN6O3/c1-11-19(21(30)26-15-6-7-16-13(8-15)10-24-27-16)20(12-2-4-14(23)5-3-12)29-18(25-11)9-17(28-29)22(31)32/h2-10,20,25H,1H3,(H,24,27)(H,26,30)(H,31,32).